The molecule has 5 nitrogen and oxygen atoms in total. The fraction of sp³-hybridized carbons (Fsp3) is 0.250. The Labute approximate surface area is 99.8 Å². The lowest BCUT2D eigenvalue weighted by molar-refractivity contribution is 1.15. The number of nitrogens with zero attached hydrogens (tertiary/aromatic N) is 3. The number of benzene rings is 1. The zero-order valence-corrected chi connectivity index (χ0v) is 10.2. The molecule has 3 N–H and O–H groups in total. The summed E-state index contributed by atoms with van der Waals surface area (Å²) in [6.07, 6.45) is 0. The second-order valence-corrected chi connectivity index (χ2v) is 3.89. The van der Waals surface area contributed by atoms with Gasteiger partial charge in [-0.2, -0.15) is 0 Å². The molecular formula is C12H15N5. The normalized spacial score (nSPS) is 11.8. The van der Waals surface area contributed by atoms with Gasteiger partial charge < -0.3 is 5.73 Å². The molecule has 1 aromatic heterocycles. The minimum atomic E-state index is 0.302. The first-order valence-electron chi connectivity index (χ1n) is 5.34. The van der Waals surface area contributed by atoms with Gasteiger partial charge in [-0.15, -0.1) is 0 Å². The van der Waals surface area contributed by atoms with E-state index in [0.29, 0.717) is 11.9 Å². The molecule has 0 unspecified atom stereocenters. The van der Waals surface area contributed by atoms with Crippen LogP contribution in [0.3, 0.4) is 0 Å². The number of hydrogen-bond donors (Lipinski definition) is 2. The third kappa shape index (κ3) is 2.33. The maximum atomic E-state index is 5.59. The molecule has 0 saturated heterocycles. The Morgan fingerprint density at radius 2 is 2.06 bits per heavy atom. The van der Waals surface area contributed by atoms with Gasteiger partial charge in [-0.1, -0.05) is 12.1 Å². The summed E-state index contributed by atoms with van der Waals surface area (Å²) >= 11 is 0. The van der Waals surface area contributed by atoms with Gasteiger partial charge in [0, 0.05) is 12.4 Å². The average Bonchev–Trinajstić information content (AvgIpc) is 2.28. The molecule has 0 aliphatic rings. The molecule has 0 amide bonds. The van der Waals surface area contributed by atoms with Crippen LogP contribution in [-0.4, -0.2) is 23.0 Å². The molecule has 1 aromatic carbocycles. The minimum absolute atomic E-state index is 0.302. The van der Waals surface area contributed by atoms with E-state index in [0.717, 1.165) is 16.6 Å². The molecule has 0 bridgehead atoms. The van der Waals surface area contributed by atoms with Crippen LogP contribution >= 0.6 is 0 Å². The molecule has 0 aliphatic heterocycles. The van der Waals surface area contributed by atoms with E-state index in [1.807, 2.05) is 32.0 Å². The molecule has 5 heteroatoms. The van der Waals surface area contributed by atoms with Crippen LogP contribution in [0.5, 0.6) is 0 Å². The van der Waals surface area contributed by atoms with Crippen molar-refractivity contribution >= 4 is 22.8 Å². The fourth-order valence-electron chi connectivity index (χ4n) is 1.62. The number of guanidine groups is 1. The van der Waals surface area contributed by atoms with Crippen molar-refractivity contribution in [2.75, 3.05) is 12.4 Å². The lowest BCUT2D eigenvalue weighted by atomic mass is 10.1. The molecule has 17 heavy (non-hydrogen) atoms. The summed E-state index contributed by atoms with van der Waals surface area (Å²) in [5.41, 5.74) is 8.58. The number of aromatic nitrogens is 2. The SMILES string of the molecule is CN=C(N)Nc1nc(C)c2ccc(C)cc2n1. The van der Waals surface area contributed by atoms with E-state index in [-0.39, 0.29) is 0 Å². The van der Waals surface area contributed by atoms with Crippen LogP contribution in [0.15, 0.2) is 23.2 Å². The topological polar surface area (TPSA) is 76.2 Å². The van der Waals surface area contributed by atoms with Gasteiger partial charge in [-0.25, -0.2) is 9.97 Å². The van der Waals surface area contributed by atoms with E-state index >= 15 is 0 Å². The highest BCUT2D eigenvalue weighted by Crippen LogP contribution is 2.18. The number of rotatable bonds is 1. The summed E-state index contributed by atoms with van der Waals surface area (Å²) in [5, 5.41) is 3.90. The summed E-state index contributed by atoms with van der Waals surface area (Å²) in [4.78, 5) is 12.6. The Bertz CT molecular complexity index is 589. The summed E-state index contributed by atoms with van der Waals surface area (Å²) < 4.78 is 0. The number of anilines is 1. The molecule has 0 saturated carbocycles. The van der Waals surface area contributed by atoms with Crippen molar-refractivity contribution in [2.45, 2.75) is 13.8 Å². The number of nitrogens with one attached hydrogen (secondary N) is 1. The molecule has 0 spiro atoms. The van der Waals surface area contributed by atoms with Crippen molar-refractivity contribution in [3.63, 3.8) is 0 Å². The van der Waals surface area contributed by atoms with E-state index in [2.05, 4.69) is 20.3 Å². The predicted octanol–water partition coefficient (Wildman–Crippen LogP) is 1.60. The van der Waals surface area contributed by atoms with Crippen LogP contribution in [0.4, 0.5) is 5.95 Å². The van der Waals surface area contributed by atoms with E-state index < -0.39 is 0 Å². The quantitative estimate of drug-likeness (QED) is 0.575. The van der Waals surface area contributed by atoms with Gasteiger partial charge in [-0.3, -0.25) is 10.3 Å². The van der Waals surface area contributed by atoms with Crippen molar-refractivity contribution < 1.29 is 0 Å². The van der Waals surface area contributed by atoms with E-state index in [1.54, 1.807) is 7.05 Å². The molecule has 0 atom stereocenters. The number of aliphatic imine (C=N–C) groups is 1. The first-order chi connectivity index (χ1) is 8.10. The van der Waals surface area contributed by atoms with Gasteiger partial charge in [-0.05, 0) is 25.5 Å². The molecule has 1 heterocycles. The molecule has 0 fully saturated rings. The van der Waals surface area contributed by atoms with Gasteiger partial charge in [0.25, 0.3) is 0 Å². The molecule has 2 rings (SSSR count). The molecular weight excluding hydrogens is 214 g/mol. The van der Waals surface area contributed by atoms with Crippen molar-refractivity contribution in [3.05, 3.63) is 29.5 Å². The largest absolute Gasteiger partial charge is 0.370 e. The number of hydrogen-bond acceptors (Lipinski definition) is 3. The first kappa shape index (κ1) is 11.3. The second kappa shape index (κ2) is 4.37. The highest BCUT2D eigenvalue weighted by molar-refractivity contribution is 5.92. The molecule has 88 valence electrons. The summed E-state index contributed by atoms with van der Waals surface area (Å²) in [6.45, 7) is 3.98. The van der Waals surface area contributed by atoms with Crippen LogP contribution in [-0.2, 0) is 0 Å². The lowest BCUT2D eigenvalue weighted by Crippen LogP contribution is -2.23. The Morgan fingerprint density at radius 3 is 2.76 bits per heavy atom. The third-order valence-electron chi connectivity index (χ3n) is 2.52. The molecule has 0 radical (unpaired) electrons. The Balaban J connectivity index is 2.53. The molecule has 2 aromatic rings. The summed E-state index contributed by atoms with van der Waals surface area (Å²) in [6, 6.07) is 6.10. The van der Waals surface area contributed by atoms with E-state index in [9.17, 15) is 0 Å². The Morgan fingerprint density at radius 1 is 1.29 bits per heavy atom. The lowest BCUT2D eigenvalue weighted by Gasteiger charge is -2.07. The standard InChI is InChI=1S/C12H15N5/c1-7-4-5-9-8(2)15-12(16-10(9)6-7)17-11(13)14-3/h4-6H,1-3H3,(H3,13,14,15,16,17). The fourth-order valence-corrected chi connectivity index (χ4v) is 1.62. The summed E-state index contributed by atoms with van der Waals surface area (Å²) in [7, 11) is 1.61. The molecule has 0 aliphatic carbocycles. The van der Waals surface area contributed by atoms with Crippen LogP contribution in [0.2, 0.25) is 0 Å². The van der Waals surface area contributed by atoms with Gasteiger partial charge >= 0.3 is 0 Å². The van der Waals surface area contributed by atoms with Gasteiger partial charge in [0.15, 0.2) is 5.96 Å². The maximum Gasteiger partial charge on any atom is 0.230 e. The zero-order valence-electron chi connectivity index (χ0n) is 10.2. The number of aryl methyl sites for hydroxylation is 2. The van der Waals surface area contributed by atoms with Crippen LogP contribution in [0.25, 0.3) is 10.9 Å². The Hall–Kier alpha value is -2.17. The average molecular weight is 229 g/mol. The van der Waals surface area contributed by atoms with Gasteiger partial charge in [0.1, 0.15) is 0 Å². The van der Waals surface area contributed by atoms with Crippen molar-refractivity contribution in [1.82, 2.24) is 9.97 Å². The predicted molar refractivity (Wildman–Crippen MR) is 70.2 cm³/mol. The van der Waals surface area contributed by atoms with Crippen LogP contribution < -0.4 is 11.1 Å². The van der Waals surface area contributed by atoms with E-state index in [4.69, 9.17) is 5.73 Å². The first-order valence-corrected chi connectivity index (χ1v) is 5.34. The number of fused-ring (bicyclic) bond motifs is 1. The van der Waals surface area contributed by atoms with Gasteiger partial charge in [0.2, 0.25) is 5.95 Å². The zero-order chi connectivity index (χ0) is 12.4. The van der Waals surface area contributed by atoms with Crippen molar-refractivity contribution in [1.29, 1.82) is 0 Å². The van der Waals surface area contributed by atoms with Crippen molar-refractivity contribution in [2.24, 2.45) is 10.7 Å². The summed E-state index contributed by atoms with van der Waals surface area (Å²) in [5.74, 6) is 0.778. The highest BCUT2D eigenvalue weighted by atomic mass is 15.2. The van der Waals surface area contributed by atoms with Crippen LogP contribution in [0, 0.1) is 13.8 Å². The Kier molecular flexibility index (Phi) is 2.91. The van der Waals surface area contributed by atoms with Crippen LogP contribution in [0.1, 0.15) is 11.3 Å². The van der Waals surface area contributed by atoms with Gasteiger partial charge in [0.05, 0.1) is 11.2 Å². The van der Waals surface area contributed by atoms with Crippen molar-refractivity contribution in [3.8, 4) is 0 Å². The number of nitrogens with two attached hydrogens (primary N) is 1. The smallest absolute Gasteiger partial charge is 0.230 e. The van der Waals surface area contributed by atoms with E-state index in [1.165, 1.54) is 5.56 Å². The third-order valence-corrected chi connectivity index (χ3v) is 2.52. The monoisotopic (exact) mass is 229 g/mol. The second-order valence-electron chi connectivity index (χ2n) is 3.89. The highest BCUT2D eigenvalue weighted by Gasteiger charge is 2.05. The maximum absolute atomic E-state index is 5.59. The minimum Gasteiger partial charge on any atom is -0.370 e.